The first-order chi connectivity index (χ1) is 13.0. The Morgan fingerprint density at radius 2 is 2.07 bits per heavy atom. The van der Waals surface area contributed by atoms with Crippen LogP contribution in [0.3, 0.4) is 0 Å². The van der Waals surface area contributed by atoms with Gasteiger partial charge in [0.1, 0.15) is 18.6 Å². The summed E-state index contributed by atoms with van der Waals surface area (Å²) in [6, 6.07) is 8.78. The van der Waals surface area contributed by atoms with Crippen molar-refractivity contribution in [3.05, 3.63) is 47.5 Å². The lowest BCUT2D eigenvalue weighted by Gasteiger charge is -2.50. The van der Waals surface area contributed by atoms with E-state index >= 15 is 0 Å². The molecule has 6 atom stereocenters. The van der Waals surface area contributed by atoms with Crippen molar-refractivity contribution in [2.24, 2.45) is 23.2 Å². The quantitative estimate of drug-likeness (QED) is 0.644. The maximum Gasteiger partial charge on any atom is 0.315 e. The van der Waals surface area contributed by atoms with Crippen molar-refractivity contribution in [1.29, 1.82) is 0 Å². The molecule has 1 saturated heterocycles. The molecule has 1 unspecified atom stereocenters. The topological polar surface area (TPSA) is 30.7 Å². The maximum absolute atomic E-state index is 12.8. The average Bonchev–Trinajstić information content (AvgIpc) is 2.94. The second kappa shape index (κ2) is 6.48. The largest absolute Gasteiger partial charge is 0.462 e. The van der Waals surface area contributed by atoms with Crippen LogP contribution < -0.4 is 4.90 Å². The van der Waals surface area contributed by atoms with E-state index in [1.165, 1.54) is 36.0 Å². The van der Waals surface area contributed by atoms with Crippen LogP contribution in [0.1, 0.15) is 50.2 Å². The number of carbonyl (C=O) groups is 1. The number of fused-ring (bicyclic) bond motifs is 3. The van der Waals surface area contributed by atoms with Gasteiger partial charge in [-0.1, -0.05) is 43.3 Å². The SMILES string of the molecule is C=C1CCC[C@]2(C)C[C@H]3OC(=O)[C@H](C[NH+]4CCc5ccccc5C4)[C@H]3C[C@H]12. The molecule has 1 aromatic carbocycles. The summed E-state index contributed by atoms with van der Waals surface area (Å²) in [5, 5.41) is 0. The second-order valence-electron chi connectivity index (χ2n) is 9.80. The lowest BCUT2D eigenvalue weighted by Crippen LogP contribution is -3.12. The molecule has 2 aliphatic heterocycles. The summed E-state index contributed by atoms with van der Waals surface area (Å²) in [6.45, 7) is 9.93. The molecule has 4 aliphatic rings. The van der Waals surface area contributed by atoms with E-state index in [-0.39, 0.29) is 18.0 Å². The molecule has 1 N–H and O–H groups in total. The lowest BCUT2D eigenvalue weighted by atomic mass is 9.55. The molecule has 0 amide bonds. The van der Waals surface area contributed by atoms with E-state index in [0.717, 1.165) is 38.9 Å². The summed E-state index contributed by atoms with van der Waals surface area (Å²) in [4.78, 5) is 14.3. The van der Waals surface area contributed by atoms with Gasteiger partial charge in [0, 0.05) is 17.9 Å². The van der Waals surface area contributed by atoms with E-state index in [9.17, 15) is 4.79 Å². The van der Waals surface area contributed by atoms with Gasteiger partial charge in [0.15, 0.2) is 0 Å². The standard InChI is InChI=1S/C24H31NO2/c1-16-6-5-10-24(2)13-22-19(12-21(16)24)20(23(26)27-22)15-25-11-9-17-7-3-4-8-18(17)14-25/h3-4,7-8,19-22H,1,5-6,9-15H2,2H3/p+1/t19-,20-,21-,22-,24-/m1/s1. The highest BCUT2D eigenvalue weighted by Gasteiger charge is 2.56. The number of hydrogen-bond acceptors (Lipinski definition) is 2. The highest BCUT2D eigenvalue weighted by molar-refractivity contribution is 5.75. The zero-order valence-electron chi connectivity index (χ0n) is 16.5. The van der Waals surface area contributed by atoms with Gasteiger partial charge in [-0.15, -0.1) is 0 Å². The summed E-state index contributed by atoms with van der Waals surface area (Å²) in [7, 11) is 0. The molecule has 0 aromatic heterocycles. The van der Waals surface area contributed by atoms with Crippen LogP contribution in [0.4, 0.5) is 0 Å². The van der Waals surface area contributed by atoms with Gasteiger partial charge >= 0.3 is 5.97 Å². The minimum atomic E-state index is 0.0733. The van der Waals surface area contributed by atoms with Crippen LogP contribution in [0, 0.1) is 23.2 Å². The molecule has 0 bridgehead atoms. The van der Waals surface area contributed by atoms with Crippen LogP contribution in [0.5, 0.6) is 0 Å². The van der Waals surface area contributed by atoms with Crippen LogP contribution in [-0.2, 0) is 22.5 Å². The molecule has 2 heterocycles. The van der Waals surface area contributed by atoms with Crippen molar-refractivity contribution in [3.63, 3.8) is 0 Å². The molecule has 0 radical (unpaired) electrons. The fraction of sp³-hybridized carbons (Fsp3) is 0.625. The number of benzene rings is 1. The van der Waals surface area contributed by atoms with Gasteiger partial charge in [0.05, 0.1) is 13.1 Å². The number of hydrogen-bond donors (Lipinski definition) is 1. The van der Waals surface area contributed by atoms with E-state index in [1.54, 1.807) is 4.90 Å². The molecule has 5 rings (SSSR count). The van der Waals surface area contributed by atoms with Crippen molar-refractivity contribution >= 4 is 5.97 Å². The highest BCUT2D eigenvalue weighted by Crippen LogP contribution is 2.56. The molecule has 0 spiro atoms. The zero-order chi connectivity index (χ0) is 18.6. The summed E-state index contributed by atoms with van der Waals surface area (Å²) < 4.78 is 5.96. The van der Waals surface area contributed by atoms with E-state index < -0.39 is 0 Å². The van der Waals surface area contributed by atoms with E-state index in [0.29, 0.717) is 17.3 Å². The number of quaternary nitrogens is 1. The van der Waals surface area contributed by atoms with Crippen LogP contribution in [0.25, 0.3) is 0 Å². The Morgan fingerprint density at radius 1 is 1.26 bits per heavy atom. The zero-order valence-corrected chi connectivity index (χ0v) is 16.5. The Bertz CT molecular complexity index is 771. The highest BCUT2D eigenvalue weighted by atomic mass is 16.6. The van der Waals surface area contributed by atoms with Crippen molar-refractivity contribution < 1.29 is 14.4 Å². The molecule has 27 heavy (non-hydrogen) atoms. The molecular formula is C24H32NO2+. The monoisotopic (exact) mass is 366 g/mol. The number of nitrogens with one attached hydrogen (secondary N) is 1. The van der Waals surface area contributed by atoms with Gasteiger partial charge in [-0.05, 0) is 49.0 Å². The molecular weight excluding hydrogens is 334 g/mol. The number of esters is 1. The summed E-state index contributed by atoms with van der Waals surface area (Å²) >= 11 is 0. The van der Waals surface area contributed by atoms with E-state index in [1.807, 2.05) is 0 Å². The average molecular weight is 367 g/mol. The third-order valence-corrected chi connectivity index (χ3v) is 8.14. The van der Waals surface area contributed by atoms with Crippen LogP contribution >= 0.6 is 0 Å². The Morgan fingerprint density at radius 3 is 2.93 bits per heavy atom. The minimum absolute atomic E-state index is 0.0733. The normalized spacial score (nSPS) is 40.7. The molecule has 3 nitrogen and oxygen atoms in total. The second-order valence-corrected chi connectivity index (χ2v) is 9.80. The van der Waals surface area contributed by atoms with Gasteiger partial charge in [-0.3, -0.25) is 4.79 Å². The Kier molecular flexibility index (Phi) is 4.19. The fourth-order valence-electron chi connectivity index (χ4n) is 6.62. The van der Waals surface area contributed by atoms with Crippen LogP contribution in [0.15, 0.2) is 36.4 Å². The molecule has 3 fully saturated rings. The van der Waals surface area contributed by atoms with Gasteiger partial charge in [-0.25, -0.2) is 0 Å². The third kappa shape index (κ3) is 2.95. The maximum atomic E-state index is 12.8. The summed E-state index contributed by atoms with van der Waals surface area (Å²) in [5.74, 6) is 1.13. The number of carbonyl (C=O) groups excluding carboxylic acids is 1. The van der Waals surface area contributed by atoms with E-state index in [4.69, 9.17) is 4.74 Å². The first kappa shape index (κ1) is 17.5. The summed E-state index contributed by atoms with van der Waals surface area (Å²) in [5.41, 5.74) is 4.67. The third-order valence-electron chi connectivity index (χ3n) is 8.14. The summed E-state index contributed by atoms with van der Waals surface area (Å²) in [6.07, 6.45) is 7.10. The fourth-order valence-corrected chi connectivity index (χ4v) is 6.62. The van der Waals surface area contributed by atoms with Crippen molar-refractivity contribution in [2.75, 3.05) is 13.1 Å². The number of allylic oxidation sites excluding steroid dienone is 1. The van der Waals surface area contributed by atoms with Gasteiger partial charge < -0.3 is 9.64 Å². The first-order valence-electron chi connectivity index (χ1n) is 10.8. The van der Waals surface area contributed by atoms with Crippen molar-refractivity contribution in [1.82, 2.24) is 0 Å². The van der Waals surface area contributed by atoms with Crippen molar-refractivity contribution in [3.8, 4) is 0 Å². The van der Waals surface area contributed by atoms with Crippen LogP contribution in [-0.4, -0.2) is 25.2 Å². The smallest absolute Gasteiger partial charge is 0.315 e. The molecule has 3 heteroatoms. The Balaban J connectivity index is 1.32. The van der Waals surface area contributed by atoms with Crippen LogP contribution in [0.2, 0.25) is 0 Å². The van der Waals surface area contributed by atoms with Gasteiger partial charge in [0.2, 0.25) is 0 Å². The molecule has 144 valence electrons. The molecule has 2 aliphatic carbocycles. The lowest BCUT2D eigenvalue weighted by molar-refractivity contribution is -0.918. The predicted octanol–water partition coefficient (Wildman–Crippen LogP) is 2.94. The van der Waals surface area contributed by atoms with Crippen molar-refractivity contribution in [2.45, 2.75) is 58.1 Å². The molecule has 2 saturated carbocycles. The Hall–Kier alpha value is -1.61. The minimum Gasteiger partial charge on any atom is -0.462 e. The number of rotatable bonds is 2. The molecule has 1 aromatic rings. The Labute approximate surface area is 162 Å². The van der Waals surface area contributed by atoms with Gasteiger partial charge in [-0.2, -0.15) is 0 Å². The predicted molar refractivity (Wildman–Crippen MR) is 105 cm³/mol. The van der Waals surface area contributed by atoms with Gasteiger partial charge in [0.25, 0.3) is 0 Å². The number of ether oxygens (including phenoxy) is 1. The van der Waals surface area contributed by atoms with E-state index in [2.05, 4.69) is 37.8 Å². The first-order valence-corrected chi connectivity index (χ1v) is 10.8.